The number of nitro groups is 2. The minimum absolute atomic E-state index is 0.500. The molecule has 0 aromatic rings. The molecular formula is C3H11N5O4. The molecule has 0 aliphatic carbocycles. The normalized spacial score (nSPS) is 9.33. The van der Waals surface area contributed by atoms with Crippen molar-refractivity contribution in [2.75, 3.05) is 21.1 Å². The van der Waals surface area contributed by atoms with Gasteiger partial charge in [0.1, 0.15) is 0 Å². The maximum Gasteiger partial charge on any atom is 0.0851 e. The summed E-state index contributed by atoms with van der Waals surface area (Å²) < 4.78 is 0.500. The molecule has 0 saturated carbocycles. The molecule has 0 aliphatic heterocycles. The average Bonchev–Trinajstić information content (AvgIpc) is 1.52. The van der Waals surface area contributed by atoms with Crippen LogP contribution in [0.15, 0.2) is 0 Å². The largest absolute Gasteiger partial charge is 0.264 e. The van der Waals surface area contributed by atoms with Gasteiger partial charge in [0.2, 0.25) is 0 Å². The van der Waals surface area contributed by atoms with E-state index in [1.807, 2.05) is 21.1 Å². The molecule has 0 fully saturated rings. The second kappa shape index (κ2) is 5.21. The fraction of sp³-hybridized carbons (Fsp3) is 1.00. The molecule has 2 N–H and O–H groups in total. The zero-order valence-electron chi connectivity index (χ0n) is 7.00. The van der Waals surface area contributed by atoms with Crippen molar-refractivity contribution in [1.82, 2.24) is 0 Å². The highest BCUT2D eigenvalue weighted by Crippen LogP contribution is 1.82. The van der Waals surface area contributed by atoms with Gasteiger partial charge >= 0.3 is 0 Å². The maximum absolute atomic E-state index is 9.01. The van der Waals surface area contributed by atoms with Crippen molar-refractivity contribution < 1.29 is 14.7 Å². The van der Waals surface area contributed by atoms with E-state index in [9.17, 15) is 0 Å². The molecule has 0 aromatic heterocycles. The van der Waals surface area contributed by atoms with Crippen molar-refractivity contribution in [2.24, 2.45) is 5.84 Å². The summed E-state index contributed by atoms with van der Waals surface area (Å²) in [6.07, 6.45) is 0. The molecular weight excluding hydrogens is 170 g/mol. The van der Waals surface area contributed by atoms with E-state index < -0.39 is 10.1 Å². The zero-order chi connectivity index (χ0) is 10.4. The molecule has 0 rings (SSSR count). The summed E-state index contributed by atoms with van der Waals surface area (Å²) in [6, 6.07) is 0. The molecule has 0 radical (unpaired) electrons. The molecule has 12 heavy (non-hydrogen) atoms. The van der Waals surface area contributed by atoms with Crippen molar-refractivity contribution in [3.05, 3.63) is 25.8 Å². The number of nitrogens with two attached hydrogens (primary N) is 1. The van der Waals surface area contributed by atoms with Gasteiger partial charge in [0, 0.05) is 10.1 Å². The zero-order valence-corrected chi connectivity index (χ0v) is 7.00. The molecule has 0 bridgehead atoms. The maximum atomic E-state index is 9.01. The lowest BCUT2D eigenvalue weighted by molar-refractivity contribution is -0.882. The Kier molecular flexibility index (Phi) is 5.70. The SMILES string of the molecule is C[N+](C)(C)N.O=[N+]([O-])[N-][N+](=O)[O-]. The third-order valence-electron chi connectivity index (χ3n) is 0.146. The van der Waals surface area contributed by atoms with Gasteiger partial charge in [-0.3, -0.25) is 24.8 Å². The minimum Gasteiger partial charge on any atom is -0.264 e. The lowest BCUT2D eigenvalue weighted by Gasteiger charge is -2.12. The van der Waals surface area contributed by atoms with Crippen LogP contribution < -0.4 is 5.84 Å². The van der Waals surface area contributed by atoms with Gasteiger partial charge in [0.15, 0.2) is 0 Å². The number of quaternary nitrogens is 1. The van der Waals surface area contributed by atoms with Crippen molar-refractivity contribution in [3.63, 3.8) is 0 Å². The van der Waals surface area contributed by atoms with Gasteiger partial charge in [-0.15, -0.1) is 0 Å². The van der Waals surface area contributed by atoms with E-state index in [0.29, 0.717) is 4.59 Å². The third kappa shape index (κ3) is 75.9. The summed E-state index contributed by atoms with van der Waals surface area (Å²) in [5.41, 5.74) is 1.72. The molecule has 0 spiro atoms. The van der Waals surface area contributed by atoms with Crippen LogP contribution in [0.4, 0.5) is 0 Å². The second-order valence-electron chi connectivity index (χ2n) is 2.68. The predicted octanol–water partition coefficient (Wildman–Crippen LogP) is -0.690. The Morgan fingerprint density at radius 1 is 1.17 bits per heavy atom. The Hall–Kier alpha value is -1.48. The van der Waals surface area contributed by atoms with Crippen LogP contribution in [-0.4, -0.2) is 35.8 Å². The summed E-state index contributed by atoms with van der Waals surface area (Å²) >= 11 is 0. The van der Waals surface area contributed by atoms with Crippen LogP contribution in [0.1, 0.15) is 0 Å². The van der Waals surface area contributed by atoms with Gasteiger partial charge in [-0.2, -0.15) is 5.84 Å². The highest BCUT2D eigenvalue weighted by atomic mass is 16.8. The van der Waals surface area contributed by atoms with Crippen LogP contribution in [0.25, 0.3) is 5.53 Å². The first-order chi connectivity index (χ1) is 5.13. The minimum atomic E-state index is -1.38. The summed E-state index contributed by atoms with van der Waals surface area (Å²) in [6.45, 7) is 0. The molecule has 72 valence electrons. The predicted molar refractivity (Wildman–Crippen MR) is 39.6 cm³/mol. The van der Waals surface area contributed by atoms with E-state index >= 15 is 0 Å². The number of hydrogen-bond acceptors (Lipinski definition) is 5. The fourth-order valence-electron chi connectivity index (χ4n) is 0.0596. The molecule has 0 saturated heterocycles. The molecule has 0 unspecified atom stereocenters. The Bertz CT molecular complexity index is 145. The quantitative estimate of drug-likeness (QED) is 0.261. The van der Waals surface area contributed by atoms with Crippen LogP contribution in [0.3, 0.4) is 0 Å². The molecule has 0 aliphatic rings. The lowest BCUT2D eigenvalue weighted by atomic mass is 10.9. The first kappa shape index (κ1) is 13.1. The van der Waals surface area contributed by atoms with E-state index in [4.69, 9.17) is 26.1 Å². The van der Waals surface area contributed by atoms with Crippen molar-refractivity contribution in [3.8, 4) is 0 Å². The van der Waals surface area contributed by atoms with Crippen LogP contribution in [0.5, 0.6) is 0 Å². The first-order valence-corrected chi connectivity index (χ1v) is 2.73. The van der Waals surface area contributed by atoms with E-state index in [-0.39, 0.29) is 0 Å². The van der Waals surface area contributed by atoms with E-state index in [0.717, 1.165) is 0 Å². The van der Waals surface area contributed by atoms with Crippen molar-refractivity contribution in [2.45, 2.75) is 0 Å². The van der Waals surface area contributed by atoms with Crippen LogP contribution in [-0.2, 0) is 0 Å². The topological polar surface area (TPSA) is 126 Å². The smallest absolute Gasteiger partial charge is 0.0851 e. The van der Waals surface area contributed by atoms with E-state index in [2.05, 4.69) is 0 Å². The van der Waals surface area contributed by atoms with Gasteiger partial charge in [0.05, 0.1) is 21.1 Å². The summed E-state index contributed by atoms with van der Waals surface area (Å²) in [7, 11) is 5.71. The third-order valence-corrected chi connectivity index (χ3v) is 0.146. The highest BCUT2D eigenvalue weighted by Gasteiger charge is 1.89. The average molecular weight is 181 g/mol. The number of rotatable bonds is 2. The Morgan fingerprint density at radius 2 is 1.33 bits per heavy atom. The Morgan fingerprint density at radius 3 is 1.33 bits per heavy atom. The van der Waals surface area contributed by atoms with Crippen molar-refractivity contribution in [1.29, 1.82) is 0 Å². The molecule has 0 atom stereocenters. The highest BCUT2D eigenvalue weighted by molar-refractivity contribution is 4.25. The summed E-state index contributed by atoms with van der Waals surface area (Å²) in [5, 5.41) is 15.3. The molecule has 9 nitrogen and oxygen atoms in total. The lowest BCUT2D eigenvalue weighted by Crippen LogP contribution is -2.41. The molecule has 0 amide bonds. The molecule has 0 heterocycles. The monoisotopic (exact) mass is 181 g/mol. The van der Waals surface area contributed by atoms with Crippen molar-refractivity contribution >= 4 is 0 Å². The van der Waals surface area contributed by atoms with Gasteiger partial charge in [0.25, 0.3) is 0 Å². The van der Waals surface area contributed by atoms with Crippen LogP contribution >= 0.6 is 0 Å². The van der Waals surface area contributed by atoms with E-state index in [1.54, 1.807) is 5.53 Å². The molecule has 9 heteroatoms. The van der Waals surface area contributed by atoms with Gasteiger partial charge in [-0.1, -0.05) is 0 Å². The summed E-state index contributed by atoms with van der Waals surface area (Å²) in [5.74, 6) is 5.29. The summed E-state index contributed by atoms with van der Waals surface area (Å²) in [4.78, 5) is 18.0. The van der Waals surface area contributed by atoms with Gasteiger partial charge in [-0.05, 0) is 5.53 Å². The van der Waals surface area contributed by atoms with Gasteiger partial charge in [-0.25, -0.2) is 0 Å². The fourth-order valence-corrected chi connectivity index (χ4v) is 0.0596. The standard InChI is InChI=1S/C3H11N2.N3O4/c1-5(2,3)4;4-2(5)1-3(6)7/h4H2,1-3H3;/q+1;-1. The van der Waals surface area contributed by atoms with Crippen LogP contribution in [0, 0.1) is 20.2 Å². The number of hydrogen-bond donors (Lipinski definition) is 1. The first-order valence-electron chi connectivity index (χ1n) is 2.73. The second-order valence-corrected chi connectivity index (χ2v) is 2.68. The van der Waals surface area contributed by atoms with Gasteiger partial charge < -0.3 is 0 Å². The number of nitrogens with zero attached hydrogens (tertiary/aromatic N) is 4. The van der Waals surface area contributed by atoms with E-state index in [1.165, 1.54) is 0 Å². The van der Waals surface area contributed by atoms with Crippen LogP contribution in [0.2, 0.25) is 0 Å². The Balaban J connectivity index is 0. The molecule has 0 aromatic carbocycles. The Labute approximate surface area is 68.6 Å².